The Bertz CT molecular complexity index is 526. The van der Waals surface area contributed by atoms with E-state index in [0.29, 0.717) is 6.42 Å². The van der Waals surface area contributed by atoms with Crippen molar-refractivity contribution in [3.8, 4) is 0 Å². The number of hydrogen-bond acceptors (Lipinski definition) is 2. The molecule has 0 bridgehead atoms. The van der Waals surface area contributed by atoms with Crippen LogP contribution in [0.1, 0.15) is 93.4 Å². The van der Waals surface area contributed by atoms with E-state index in [1.54, 1.807) is 0 Å². The topological polar surface area (TPSA) is 26.3 Å². The standard InChI is InChI=1S/C23H38O2/c1-8-19(5)13-11-14-20(6)16-17-22(25-23(24)9-2)21(7)15-10-12-18(3)4/h8,12,14H,9-11,13,15-17H2,1-7H3/b19-8+,20-14+,22-21+. The van der Waals surface area contributed by atoms with Crippen LogP contribution in [0, 0.1) is 0 Å². The Labute approximate surface area is 155 Å². The highest BCUT2D eigenvalue weighted by Crippen LogP contribution is 2.21. The molecular formula is C23H38O2. The molecule has 0 heterocycles. The van der Waals surface area contributed by atoms with E-state index in [0.717, 1.165) is 44.3 Å². The van der Waals surface area contributed by atoms with Crippen LogP contribution < -0.4 is 0 Å². The van der Waals surface area contributed by atoms with E-state index in [1.807, 2.05) is 6.92 Å². The molecule has 25 heavy (non-hydrogen) atoms. The summed E-state index contributed by atoms with van der Waals surface area (Å²) in [6, 6.07) is 0. The summed E-state index contributed by atoms with van der Waals surface area (Å²) in [5.41, 5.74) is 5.31. The number of hydrogen-bond donors (Lipinski definition) is 0. The predicted molar refractivity (Wildman–Crippen MR) is 109 cm³/mol. The van der Waals surface area contributed by atoms with E-state index < -0.39 is 0 Å². The van der Waals surface area contributed by atoms with Crippen molar-refractivity contribution in [2.45, 2.75) is 93.4 Å². The Morgan fingerprint density at radius 3 is 2.04 bits per heavy atom. The van der Waals surface area contributed by atoms with Gasteiger partial charge >= 0.3 is 5.97 Å². The second-order valence-electron chi connectivity index (χ2n) is 7.08. The summed E-state index contributed by atoms with van der Waals surface area (Å²) in [4.78, 5) is 11.7. The molecule has 0 aromatic rings. The molecule has 0 atom stereocenters. The van der Waals surface area contributed by atoms with Gasteiger partial charge < -0.3 is 4.74 Å². The second kappa shape index (κ2) is 13.7. The highest BCUT2D eigenvalue weighted by atomic mass is 16.5. The lowest BCUT2D eigenvalue weighted by atomic mass is 10.0. The van der Waals surface area contributed by atoms with Crippen LogP contribution in [-0.4, -0.2) is 5.97 Å². The van der Waals surface area contributed by atoms with E-state index >= 15 is 0 Å². The first-order valence-corrected chi connectivity index (χ1v) is 9.60. The number of carbonyl (C=O) groups excluding carboxylic acids is 1. The first-order valence-electron chi connectivity index (χ1n) is 9.60. The number of ether oxygens (including phenoxy) is 1. The molecule has 0 aliphatic heterocycles. The Hall–Kier alpha value is -1.57. The van der Waals surface area contributed by atoms with Crippen molar-refractivity contribution in [2.75, 3.05) is 0 Å². The maximum Gasteiger partial charge on any atom is 0.310 e. The van der Waals surface area contributed by atoms with Gasteiger partial charge in [0.25, 0.3) is 0 Å². The quantitative estimate of drug-likeness (QED) is 0.221. The third-order valence-electron chi connectivity index (χ3n) is 4.34. The molecule has 0 radical (unpaired) electrons. The second-order valence-corrected chi connectivity index (χ2v) is 7.08. The average Bonchev–Trinajstić information content (AvgIpc) is 2.57. The van der Waals surface area contributed by atoms with Crippen LogP contribution in [0.15, 0.2) is 46.3 Å². The summed E-state index contributed by atoms with van der Waals surface area (Å²) >= 11 is 0. The van der Waals surface area contributed by atoms with Crippen LogP contribution >= 0.6 is 0 Å². The van der Waals surface area contributed by atoms with Gasteiger partial charge in [-0.05, 0) is 79.2 Å². The van der Waals surface area contributed by atoms with E-state index in [-0.39, 0.29) is 5.97 Å². The molecule has 0 spiro atoms. The van der Waals surface area contributed by atoms with Gasteiger partial charge in [0.1, 0.15) is 5.76 Å². The summed E-state index contributed by atoms with van der Waals surface area (Å²) in [5, 5.41) is 0. The number of esters is 1. The van der Waals surface area contributed by atoms with Gasteiger partial charge in [0.15, 0.2) is 0 Å². The van der Waals surface area contributed by atoms with E-state index in [9.17, 15) is 4.79 Å². The molecule has 0 saturated carbocycles. The van der Waals surface area contributed by atoms with Crippen LogP contribution in [0.25, 0.3) is 0 Å². The van der Waals surface area contributed by atoms with Crippen LogP contribution in [0.2, 0.25) is 0 Å². The fourth-order valence-electron chi connectivity index (χ4n) is 2.38. The Balaban J connectivity index is 4.79. The van der Waals surface area contributed by atoms with Crippen molar-refractivity contribution >= 4 is 5.97 Å². The van der Waals surface area contributed by atoms with Gasteiger partial charge in [0.2, 0.25) is 0 Å². The molecule has 0 rings (SSSR count). The summed E-state index contributed by atoms with van der Waals surface area (Å²) < 4.78 is 5.61. The highest BCUT2D eigenvalue weighted by molar-refractivity contribution is 5.70. The number of carbonyl (C=O) groups is 1. The molecule has 0 unspecified atom stereocenters. The third kappa shape index (κ3) is 12.4. The van der Waals surface area contributed by atoms with Gasteiger partial charge in [0, 0.05) is 12.8 Å². The van der Waals surface area contributed by atoms with Crippen molar-refractivity contribution in [1.29, 1.82) is 0 Å². The summed E-state index contributed by atoms with van der Waals surface area (Å²) in [6.45, 7) is 14.6. The van der Waals surface area contributed by atoms with Gasteiger partial charge in [0.05, 0.1) is 0 Å². The van der Waals surface area contributed by atoms with Gasteiger partial charge in [-0.3, -0.25) is 4.79 Å². The molecule has 0 fully saturated rings. The van der Waals surface area contributed by atoms with E-state index in [2.05, 4.69) is 59.8 Å². The molecule has 142 valence electrons. The van der Waals surface area contributed by atoms with Gasteiger partial charge in [-0.2, -0.15) is 0 Å². The molecule has 0 aromatic carbocycles. The molecule has 0 aromatic heterocycles. The first kappa shape index (κ1) is 23.4. The van der Waals surface area contributed by atoms with Crippen LogP contribution in [0.5, 0.6) is 0 Å². The smallest absolute Gasteiger partial charge is 0.310 e. The Kier molecular flexibility index (Phi) is 12.8. The van der Waals surface area contributed by atoms with E-state index in [4.69, 9.17) is 4.74 Å². The zero-order valence-corrected chi connectivity index (χ0v) is 17.5. The van der Waals surface area contributed by atoms with Gasteiger partial charge in [-0.1, -0.05) is 41.9 Å². The lowest BCUT2D eigenvalue weighted by molar-refractivity contribution is -0.139. The maximum absolute atomic E-state index is 11.7. The van der Waals surface area contributed by atoms with Crippen molar-refractivity contribution in [2.24, 2.45) is 0 Å². The van der Waals surface area contributed by atoms with Gasteiger partial charge in [-0.15, -0.1) is 0 Å². The van der Waals surface area contributed by atoms with Crippen LogP contribution in [0.4, 0.5) is 0 Å². The Morgan fingerprint density at radius 2 is 1.48 bits per heavy atom. The van der Waals surface area contributed by atoms with Crippen LogP contribution in [-0.2, 0) is 9.53 Å². The minimum Gasteiger partial charge on any atom is -0.431 e. The molecular weight excluding hydrogens is 308 g/mol. The molecule has 0 aliphatic carbocycles. The molecule has 2 heteroatoms. The summed E-state index contributed by atoms with van der Waals surface area (Å²) in [6.07, 6.45) is 13.0. The lowest BCUT2D eigenvalue weighted by Crippen LogP contribution is -2.05. The Morgan fingerprint density at radius 1 is 0.840 bits per heavy atom. The van der Waals surface area contributed by atoms with Crippen molar-refractivity contribution in [3.05, 3.63) is 46.3 Å². The van der Waals surface area contributed by atoms with Crippen molar-refractivity contribution in [1.82, 2.24) is 0 Å². The average molecular weight is 347 g/mol. The molecule has 0 aliphatic rings. The molecule has 0 N–H and O–H groups in total. The SMILES string of the molecule is C/C=C(\C)CC/C=C(\C)CC/C(OC(=O)CC)=C(/C)CCC=C(C)C. The fraction of sp³-hybridized carbons (Fsp3) is 0.609. The zero-order valence-electron chi connectivity index (χ0n) is 17.5. The minimum absolute atomic E-state index is 0.137. The number of rotatable bonds is 11. The fourth-order valence-corrected chi connectivity index (χ4v) is 2.38. The summed E-state index contributed by atoms with van der Waals surface area (Å²) in [7, 11) is 0. The lowest BCUT2D eigenvalue weighted by Gasteiger charge is -2.13. The maximum atomic E-state index is 11.7. The zero-order chi connectivity index (χ0) is 19.2. The normalized spacial score (nSPS) is 13.4. The summed E-state index contributed by atoms with van der Waals surface area (Å²) in [5.74, 6) is 0.730. The minimum atomic E-state index is -0.137. The molecule has 2 nitrogen and oxygen atoms in total. The third-order valence-corrected chi connectivity index (χ3v) is 4.34. The first-order chi connectivity index (χ1) is 11.8. The van der Waals surface area contributed by atoms with Crippen molar-refractivity contribution in [3.63, 3.8) is 0 Å². The highest BCUT2D eigenvalue weighted by Gasteiger charge is 2.09. The van der Waals surface area contributed by atoms with Gasteiger partial charge in [-0.25, -0.2) is 0 Å². The largest absolute Gasteiger partial charge is 0.431 e. The molecule has 0 saturated heterocycles. The molecule has 0 amide bonds. The van der Waals surface area contributed by atoms with Crippen molar-refractivity contribution < 1.29 is 9.53 Å². The monoisotopic (exact) mass is 346 g/mol. The number of allylic oxidation sites excluding steroid dienone is 8. The predicted octanol–water partition coefficient (Wildman–Crippen LogP) is 7.43. The van der Waals surface area contributed by atoms with Crippen LogP contribution in [0.3, 0.4) is 0 Å². The van der Waals surface area contributed by atoms with E-state index in [1.165, 1.54) is 22.3 Å².